The minimum absolute atomic E-state index is 0.00347. The van der Waals surface area contributed by atoms with Gasteiger partial charge in [-0.1, -0.05) is 60.7 Å². The van der Waals surface area contributed by atoms with Crippen LogP contribution in [0.2, 0.25) is 0 Å². The highest BCUT2D eigenvalue weighted by Gasteiger charge is 2.42. The van der Waals surface area contributed by atoms with Crippen molar-refractivity contribution in [1.82, 2.24) is 51.2 Å². The molecule has 18 heteroatoms. The van der Waals surface area contributed by atoms with Gasteiger partial charge >= 0.3 is 12.0 Å². The molecule has 4 saturated heterocycles. The van der Waals surface area contributed by atoms with Gasteiger partial charge in [0.2, 0.25) is 11.9 Å². The Morgan fingerprint density at radius 3 is 1.40 bits per heavy atom. The Hall–Kier alpha value is -5.82. The van der Waals surface area contributed by atoms with Crippen molar-refractivity contribution in [3.8, 4) is 12.0 Å². The zero-order valence-electron chi connectivity index (χ0n) is 40.3. The van der Waals surface area contributed by atoms with E-state index >= 15 is 0 Å². The van der Waals surface area contributed by atoms with Crippen molar-refractivity contribution < 1.29 is 19.1 Å². The van der Waals surface area contributed by atoms with Gasteiger partial charge in [0, 0.05) is 59.2 Å². The number of nitrogens with zero attached hydrogens (tertiary/aromatic N) is 8. The smallest absolute Gasteiger partial charge is 0.323 e. The maximum atomic E-state index is 13.0. The molecule has 6 N–H and O–H groups in total. The number of hydrogen-bond acceptors (Lipinski definition) is 18. The molecule has 0 aliphatic carbocycles. The number of ketones is 2. The second-order valence-corrected chi connectivity index (χ2v) is 20.8. The van der Waals surface area contributed by atoms with E-state index in [-0.39, 0.29) is 94.8 Å². The van der Waals surface area contributed by atoms with E-state index in [1.165, 1.54) is 23.6 Å². The molecule has 2 aromatic carbocycles. The van der Waals surface area contributed by atoms with Gasteiger partial charge in [-0.15, -0.1) is 0 Å². The van der Waals surface area contributed by atoms with Crippen LogP contribution in [-0.2, 0) is 22.4 Å². The van der Waals surface area contributed by atoms with Crippen LogP contribution >= 0.6 is 0 Å². The Morgan fingerprint density at radius 2 is 1.01 bits per heavy atom. The fraction of sp³-hybridized carbons (Fsp3) is 0.560. The molecule has 0 bridgehead atoms. The largest absolute Gasteiger partial charge is 0.460 e. The Morgan fingerprint density at radius 1 is 0.603 bits per heavy atom. The molecule has 8 rings (SSSR count). The van der Waals surface area contributed by atoms with E-state index in [1.807, 2.05) is 12.1 Å². The van der Waals surface area contributed by atoms with Crippen LogP contribution in [0.1, 0.15) is 91.2 Å². The molecule has 0 amide bonds. The minimum Gasteiger partial charge on any atom is -0.460 e. The SMILES string of the molecule is CC1(C)CC(Nc2nc(N=CC(=O)C3CCNC3)nc(OCCOc3nc(N=CC(=O)C4CCNC4)nc(NC4CC(C)(C)NC(C)(Cc5ccccc5)C4)n3)n2)CC(C)(Cc2ccccc2)N1. The second kappa shape index (κ2) is 21.2. The van der Waals surface area contributed by atoms with Crippen molar-refractivity contribution in [1.29, 1.82) is 0 Å². The number of carbonyl (C=O) groups excluding carboxylic acids is 2. The standard InChI is InChI=1S/C50H68N14O4/c1-47(2)25-37(27-49(5,63-47)23-33-13-9-7-10-14-33)55-43-57-41(53-31-39(65)35-17-19-51-29-35)59-45(61-43)67-21-22-68-46-60-42(54-32-40(66)36-18-20-52-30-36)58-44(62-46)56-38-26-48(3,4)64-50(6,28-38)24-34-15-11-8-12-16-34/h7-16,31-32,35-38,51-52,63-64H,17-30H2,1-6H3,(H,55,57,59,61)(H,56,58,60,62). The summed E-state index contributed by atoms with van der Waals surface area (Å²) in [5.74, 6) is 0.243. The Bertz CT molecular complexity index is 2240. The maximum Gasteiger partial charge on any atom is 0.323 e. The molecule has 6 unspecified atom stereocenters. The van der Waals surface area contributed by atoms with Crippen molar-refractivity contribution >= 4 is 47.8 Å². The number of aromatic nitrogens is 6. The highest BCUT2D eigenvalue weighted by atomic mass is 16.5. The fourth-order valence-corrected chi connectivity index (χ4v) is 10.8. The summed E-state index contributed by atoms with van der Waals surface area (Å²) in [4.78, 5) is 62.3. The number of Topliss-reactive ketones (excluding diaryl/α,β-unsaturated/α-hetero) is 2. The predicted octanol–water partition coefficient (Wildman–Crippen LogP) is 5.16. The van der Waals surface area contributed by atoms with E-state index < -0.39 is 0 Å². The van der Waals surface area contributed by atoms with Gasteiger partial charge in [0.25, 0.3) is 11.9 Å². The highest BCUT2D eigenvalue weighted by molar-refractivity contribution is 6.29. The summed E-state index contributed by atoms with van der Waals surface area (Å²) < 4.78 is 12.2. The van der Waals surface area contributed by atoms with Crippen LogP contribution < -0.4 is 41.4 Å². The summed E-state index contributed by atoms with van der Waals surface area (Å²) in [6.45, 7) is 16.2. The predicted molar refractivity (Wildman–Crippen MR) is 264 cm³/mol. The van der Waals surface area contributed by atoms with Crippen molar-refractivity contribution in [3.63, 3.8) is 0 Å². The molecule has 0 spiro atoms. The highest BCUT2D eigenvalue weighted by Crippen LogP contribution is 2.35. The molecule has 18 nitrogen and oxygen atoms in total. The monoisotopic (exact) mass is 929 g/mol. The number of nitrogens with one attached hydrogen (secondary N) is 6. The molecule has 0 radical (unpaired) electrons. The third kappa shape index (κ3) is 13.9. The third-order valence-electron chi connectivity index (χ3n) is 13.0. The van der Waals surface area contributed by atoms with Crippen LogP contribution in [0.4, 0.5) is 23.8 Å². The number of ether oxygens (including phenoxy) is 2. The lowest BCUT2D eigenvalue weighted by atomic mass is 9.76. The van der Waals surface area contributed by atoms with Gasteiger partial charge in [0.1, 0.15) is 13.2 Å². The molecule has 0 saturated carbocycles. The van der Waals surface area contributed by atoms with Crippen molar-refractivity contribution in [3.05, 3.63) is 71.8 Å². The first-order valence-electron chi connectivity index (χ1n) is 24.1. The molecular formula is C50H68N14O4. The molecule has 2 aromatic heterocycles. The van der Waals surface area contributed by atoms with Gasteiger partial charge in [-0.25, -0.2) is 9.98 Å². The minimum atomic E-state index is -0.209. The topological polar surface area (TPSA) is 227 Å². The van der Waals surface area contributed by atoms with Gasteiger partial charge in [-0.05, 0) is 117 Å². The zero-order chi connectivity index (χ0) is 47.8. The van der Waals surface area contributed by atoms with Crippen molar-refractivity contribution in [2.24, 2.45) is 21.8 Å². The quantitative estimate of drug-likeness (QED) is 0.0527. The number of hydrogen-bond donors (Lipinski definition) is 6. The molecular weight excluding hydrogens is 861 g/mol. The molecule has 68 heavy (non-hydrogen) atoms. The summed E-state index contributed by atoms with van der Waals surface area (Å²) in [5, 5.41) is 21.4. The van der Waals surface area contributed by atoms with E-state index in [2.05, 4.69) is 162 Å². The average molecular weight is 929 g/mol. The van der Waals surface area contributed by atoms with E-state index in [0.717, 1.165) is 64.5 Å². The third-order valence-corrected chi connectivity index (χ3v) is 13.0. The summed E-state index contributed by atoms with van der Waals surface area (Å²) in [5.41, 5.74) is 1.72. The molecule has 362 valence electrons. The number of piperidine rings is 2. The van der Waals surface area contributed by atoms with Gasteiger partial charge in [0.05, 0.1) is 12.4 Å². The van der Waals surface area contributed by atoms with Crippen LogP contribution in [0.3, 0.4) is 0 Å². The van der Waals surface area contributed by atoms with Crippen LogP contribution in [0.25, 0.3) is 0 Å². The van der Waals surface area contributed by atoms with E-state index in [4.69, 9.17) is 9.47 Å². The van der Waals surface area contributed by atoms with Gasteiger partial charge in [-0.2, -0.15) is 29.9 Å². The van der Waals surface area contributed by atoms with Crippen molar-refractivity contribution in [2.45, 2.75) is 127 Å². The molecule has 4 aliphatic heterocycles. The molecule has 4 aromatic rings. The first-order chi connectivity index (χ1) is 32.6. The van der Waals surface area contributed by atoms with Gasteiger partial charge < -0.3 is 41.4 Å². The summed E-state index contributed by atoms with van der Waals surface area (Å²) in [6.07, 6.45) is 9.02. The van der Waals surface area contributed by atoms with Crippen LogP contribution in [0.15, 0.2) is 70.6 Å². The second-order valence-electron chi connectivity index (χ2n) is 20.8. The molecule has 6 heterocycles. The van der Waals surface area contributed by atoms with Crippen LogP contribution in [-0.4, -0.2) is 128 Å². The van der Waals surface area contributed by atoms with Crippen LogP contribution in [0, 0.1) is 11.8 Å². The Balaban J connectivity index is 0.979. The normalized spacial score (nSPS) is 26.7. The van der Waals surface area contributed by atoms with Crippen LogP contribution in [0.5, 0.6) is 12.0 Å². The number of aliphatic imine (C=N–C) groups is 2. The Kier molecular flexibility index (Phi) is 15.2. The van der Waals surface area contributed by atoms with E-state index in [9.17, 15) is 9.59 Å². The fourth-order valence-electron chi connectivity index (χ4n) is 10.8. The number of benzene rings is 2. The Labute approximate surface area is 399 Å². The number of anilines is 2. The van der Waals surface area contributed by atoms with E-state index in [1.54, 1.807) is 0 Å². The average Bonchev–Trinajstić information content (AvgIpc) is 4.02. The molecule has 4 aliphatic rings. The maximum absolute atomic E-state index is 13.0. The molecule has 6 atom stereocenters. The number of carbonyl (C=O) groups is 2. The summed E-state index contributed by atoms with van der Waals surface area (Å²) in [7, 11) is 0. The van der Waals surface area contributed by atoms with E-state index in [0.29, 0.717) is 25.0 Å². The number of rotatable bonds is 19. The lowest BCUT2D eigenvalue weighted by Crippen LogP contribution is -2.62. The summed E-state index contributed by atoms with van der Waals surface area (Å²) >= 11 is 0. The first-order valence-corrected chi connectivity index (χ1v) is 24.1. The summed E-state index contributed by atoms with van der Waals surface area (Å²) in [6, 6.07) is 21.0. The zero-order valence-corrected chi connectivity index (χ0v) is 40.3. The first kappa shape index (κ1) is 48.6. The van der Waals surface area contributed by atoms with Gasteiger partial charge in [-0.3, -0.25) is 9.59 Å². The van der Waals surface area contributed by atoms with Crippen molar-refractivity contribution in [2.75, 3.05) is 50.0 Å². The lowest BCUT2D eigenvalue weighted by Gasteiger charge is -2.48. The van der Waals surface area contributed by atoms with Gasteiger partial charge in [0.15, 0.2) is 11.6 Å². The molecule has 4 fully saturated rings. The lowest BCUT2D eigenvalue weighted by molar-refractivity contribution is -0.116.